The molecule has 5 heteroatoms. The predicted octanol–water partition coefficient (Wildman–Crippen LogP) is 1.90. The molecule has 0 unspecified atom stereocenters. The van der Waals surface area contributed by atoms with Crippen molar-refractivity contribution in [2.45, 2.75) is 19.3 Å². The van der Waals surface area contributed by atoms with Crippen molar-refractivity contribution >= 4 is 11.9 Å². The lowest BCUT2D eigenvalue weighted by Crippen LogP contribution is -2.03. The topological polar surface area (TPSA) is 83.8 Å². The molecule has 0 radical (unpaired) electrons. The molecule has 0 aliphatic rings. The van der Waals surface area contributed by atoms with Crippen molar-refractivity contribution in [2.75, 3.05) is 6.61 Å². The number of ether oxygens (including phenoxy) is 1. The zero-order valence-electron chi connectivity index (χ0n) is 10.4. The van der Waals surface area contributed by atoms with Crippen molar-refractivity contribution < 1.29 is 24.5 Å². The molecule has 1 rings (SSSR count). The van der Waals surface area contributed by atoms with Gasteiger partial charge in [0.15, 0.2) is 0 Å². The molecular formula is C14H16O5. The highest BCUT2D eigenvalue weighted by molar-refractivity contribution is 5.90. The summed E-state index contributed by atoms with van der Waals surface area (Å²) in [4.78, 5) is 21.2. The molecule has 1 aromatic rings. The molecule has 0 saturated carbocycles. The summed E-state index contributed by atoms with van der Waals surface area (Å²) in [6, 6.07) is 7.09. The Morgan fingerprint density at radius 2 is 1.89 bits per heavy atom. The number of hydrogen-bond acceptors (Lipinski definition) is 4. The lowest BCUT2D eigenvalue weighted by Gasteiger charge is -2.04. The van der Waals surface area contributed by atoms with E-state index in [2.05, 4.69) is 0 Å². The highest BCUT2D eigenvalue weighted by Gasteiger charge is 2.01. The zero-order valence-corrected chi connectivity index (χ0v) is 10.4. The van der Waals surface area contributed by atoms with Crippen molar-refractivity contribution in [3.63, 3.8) is 0 Å². The van der Waals surface area contributed by atoms with Crippen molar-refractivity contribution in [3.05, 3.63) is 42.0 Å². The molecule has 5 nitrogen and oxygen atoms in total. The minimum absolute atomic E-state index is 0.233. The van der Waals surface area contributed by atoms with Crippen LogP contribution in [0, 0.1) is 0 Å². The number of esters is 1. The third-order valence-corrected chi connectivity index (χ3v) is 2.44. The Hall–Kier alpha value is -2.30. The van der Waals surface area contributed by atoms with Crippen LogP contribution in [0.15, 0.2) is 36.4 Å². The van der Waals surface area contributed by atoms with Crippen LogP contribution in [0.5, 0.6) is 5.75 Å². The first-order valence-corrected chi connectivity index (χ1v) is 5.94. The van der Waals surface area contributed by atoms with E-state index < -0.39 is 11.9 Å². The number of phenols is 1. The zero-order chi connectivity index (χ0) is 14.1. The smallest absolute Gasteiger partial charge is 0.331 e. The SMILES string of the molecule is O=C(O)/C=C/C(=O)OCCCCc1ccccc1O. The average Bonchev–Trinajstić information content (AvgIpc) is 2.38. The van der Waals surface area contributed by atoms with Gasteiger partial charge in [0.2, 0.25) is 0 Å². The molecule has 0 bridgehead atoms. The molecular weight excluding hydrogens is 248 g/mol. The fourth-order valence-corrected chi connectivity index (χ4v) is 1.50. The summed E-state index contributed by atoms with van der Waals surface area (Å²) in [5.74, 6) is -1.58. The summed E-state index contributed by atoms with van der Waals surface area (Å²) in [7, 11) is 0. The third-order valence-electron chi connectivity index (χ3n) is 2.44. The van der Waals surface area contributed by atoms with Gasteiger partial charge in [0.05, 0.1) is 6.61 Å². The van der Waals surface area contributed by atoms with Crippen LogP contribution in [0.25, 0.3) is 0 Å². The summed E-state index contributed by atoms with van der Waals surface area (Å²) < 4.78 is 4.81. The first-order chi connectivity index (χ1) is 9.09. The average molecular weight is 264 g/mol. The fourth-order valence-electron chi connectivity index (χ4n) is 1.50. The van der Waals surface area contributed by atoms with Gasteiger partial charge in [-0.25, -0.2) is 9.59 Å². The lowest BCUT2D eigenvalue weighted by molar-refractivity contribution is -0.138. The molecule has 0 heterocycles. The number of aryl methyl sites for hydroxylation is 1. The van der Waals surface area contributed by atoms with Crippen LogP contribution in [0.4, 0.5) is 0 Å². The minimum Gasteiger partial charge on any atom is -0.508 e. The van der Waals surface area contributed by atoms with E-state index in [0.29, 0.717) is 12.8 Å². The van der Waals surface area contributed by atoms with Gasteiger partial charge < -0.3 is 14.9 Å². The summed E-state index contributed by atoms with van der Waals surface area (Å²) in [5.41, 5.74) is 0.861. The molecule has 0 aliphatic carbocycles. The normalized spacial score (nSPS) is 10.5. The number of carbonyl (C=O) groups is 2. The molecule has 0 amide bonds. The number of unbranched alkanes of at least 4 members (excludes halogenated alkanes) is 1. The van der Waals surface area contributed by atoms with Gasteiger partial charge in [0, 0.05) is 12.2 Å². The fraction of sp³-hybridized carbons (Fsp3) is 0.286. The van der Waals surface area contributed by atoms with Crippen molar-refractivity contribution in [1.82, 2.24) is 0 Å². The van der Waals surface area contributed by atoms with E-state index >= 15 is 0 Å². The summed E-state index contributed by atoms with van der Waals surface area (Å²) >= 11 is 0. The molecule has 2 N–H and O–H groups in total. The number of hydrogen-bond donors (Lipinski definition) is 2. The minimum atomic E-state index is -1.18. The first-order valence-electron chi connectivity index (χ1n) is 5.94. The van der Waals surface area contributed by atoms with Crippen LogP contribution >= 0.6 is 0 Å². The van der Waals surface area contributed by atoms with Gasteiger partial charge in [0.25, 0.3) is 0 Å². The molecule has 0 spiro atoms. The van der Waals surface area contributed by atoms with Crippen LogP contribution < -0.4 is 0 Å². The Morgan fingerprint density at radius 1 is 1.16 bits per heavy atom. The standard InChI is InChI=1S/C14H16O5/c15-12-7-2-1-5-11(12)6-3-4-10-19-14(18)9-8-13(16)17/h1-2,5,7-9,15H,3-4,6,10H2,(H,16,17)/b9-8+. The second-order valence-electron chi connectivity index (χ2n) is 3.92. The van der Waals surface area contributed by atoms with E-state index in [0.717, 1.165) is 24.1 Å². The molecule has 102 valence electrons. The molecule has 0 aromatic heterocycles. The molecule has 0 saturated heterocycles. The number of para-hydroxylation sites is 1. The maximum absolute atomic E-state index is 11.0. The second kappa shape index (κ2) is 7.92. The van der Waals surface area contributed by atoms with Crippen molar-refractivity contribution in [3.8, 4) is 5.75 Å². The Morgan fingerprint density at radius 3 is 2.58 bits per heavy atom. The molecule has 0 fully saturated rings. The number of carbonyl (C=O) groups excluding carboxylic acids is 1. The monoisotopic (exact) mass is 264 g/mol. The van der Waals surface area contributed by atoms with Gasteiger partial charge in [-0.3, -0.25) is 0 Å². The van der Waals surface area contributed by atoms with E-state index in [1.807, 2.05) is 12.1 Å². The van der Waals surface area contributed by atoms with Crippen molar-refractivity contribution in [1.29, 1.82) is 0 Å². The Kier molecular flexibility index (Phi) is 6.15. The summed E-state index contributed by atoms with van der Waals surface area (Å²) in [6.07, 6.45) is 3.75. The summed E-state index contributed by atoms with van der Waals surface area (Å²) in [5, 5.41) is 17.8. The van der Waals surface area contributed by atoms with E-state index in [9.17, 15) is 14.7 Å². The maximum atomic E-state index is 11.0. The first kappa shape index (κ1) is 14.8. The number of carboxylic acids is 1. The largest absolute Gasteiger partial charge is 0.508 e. The molecule has 0 atom stereocenters. The van der Waals surface area contributed by atoms with Crippen LogP contribution in [-0.4, -0.2) is 28.8 Å². The lowest BCUT2D eigenvalue weighted by atomic mass is 10.1. The van der Waals surface area contributed by atoms with E-state index in [-0.39, 0.29) is 12.4 Å². The number of phenolic OH excluding ortho intramolecular Hbond substituents is 1. The Labute approximate surface area is 111 Å². The van der Waals surface area contributed by atoms with Gasteiger partial charge >= 0.3 is 11.9 Å². The highest BCUT2D eigenvalue weighted by Crippen LogP contribution is 2.17. The molecule has 0 aliphatic heterocycles. The third kappa shape index (κ3) is 6.26. The van der Waals surface area contributed by atoms with E-state index in [1.54, 1.807) is 12.1 Å². The Bertz CT molecular complexity index is 465. The predicted molar refractivity (Wildman–Crippen MR) is 68.8 cm³/mol. The quantitative estimate of drug-likeness (QED) is 0.446. The van der Waals surface area contributed by atoms with Gasteiger partial charge in [0.1, 0.15) is 5.75 Å². The van der Waals surface area contributed by atoms with Crippen LogP contribution in [-0.2, 0) is 20.7 Å². The number of aromatic hydroxyl groups is 1. The Balaban J connectivity index is 2.17. The number of rotatable bonds is 7. The number of benzene rings is 1. The van der Waals surface area contributed by atoms with Gasteiger partial charge in [-0.2, -0.15) is 0 Å². The van der Waals surface area contributed by atoms with Crippen LogP contribution in [0.3, 0.4) is 0 Å². The van der Waals surface area contributed by atoms with Gasteiger partial charge in [-0.05, 0) is 30.9 Å². The molecule has 1 aromatic carbocycles. The van der Waals surface area contributed by atoms with Crippen molar-refractivity contribution in [2.24, 2.45) is 0 Å². The second-order valence-corrected chi connectivity index (χ2v) is 3.92. The van der Waals surface area contributed by atoms with E-state index in [1.165, 1.54) is 0 Å². The maximum Gasteiger partial charge on any atom is 0.331 e. The van der Waals surface area contributed by atoms with E-state index in [4.69, 9.17) is 9.84 Å². The molecule has 19 heavy (non-hydrogen) atoms. The number of aliphatic carboxylic acids is 1. The van der Waals surface area contributed by atoms with Crippen LogP contribution in [0.2, 0.25) is 0 Å². The number of carboxylic acid groups (broad SMARTS) is 1. The summed E-state index contributed by atoms with van der Waals surface area (Å²) in [6.45, 7) is 0.233. The van der Waals surface area contributed by atoms with Gasteiger partial charge in [-0.1, -0.05) is 18.2 Å². The highest BCUT2D eigenvalue weighted by atomic mass is 16.5. The van der Waals surface area contributed by atoms with Crippen LogP contribution in [0.1, 0.15) is 18.4 Å². The van der Waals surface area contributed by atoms with Gasteiger partial charge in [-0.15, -0.1) is 0 Å².